The van der Waals surface area contributed by atoms with Crippen molar-refractivity contribution >= 4 is 11.8 Å². The van der Waals surface area contributed by atoms with Gasteiger partial charge in [0.2, 0.25) is 0 Å². The summed E-state index contributed by atoms with van der Waals surface area (Å²) in [6.45, 7) is 10.1. The van der Waals surface area contributed by atoms with Gasteiger partial charge in [0.25, 0.3) is 0 Å². The minimum absolute atomic E-state index is 0.0302. The van der Waals surface area contributed by atoms with Gasteiger partial charge in [-0.1, -0.05) is 41.9 Å². The number of rotatable bonds is 2. The Hall–Kier alpha value is -1.94. The molecule has 0 aromatic rings. The molecule has 0 radical (unpaired) electrons. The Bertz CT molecular complexity index is 1020. The average molecular weight is 437 g/mol. The van der Waals surface area contributed by atoms with Gasteiger partial charge in [-0.2, -0.15) is 0 Å². The molecule has 4 aliphatic carbocycles. The molecule has 1 heterocycles. The van der Waals surface area contributed by atoms with Crippen molar-refractivity contribution in [1.29, 1.82) is 0 Å². The van der Waals surface area contributed by atoms with Crippen molar-refractivity contribution in [2.75, 3.05) is 0 Å². The van der Waals surface area contributed by atoms with E-state index in [9.17, 15) is 14.7 Å². The summed E-state index contributed by atoms with van der Waals surface area (Å²) in [5, 5.41) is 11.8. The molecule has 6 atom stereocenters. The Labute approximate surface area is 191 Å². The Kier molecular flexibility index (Phi) is 4.81. The van der Waals surface area contributed by atoms with Gasteiger partial charge in [0.1, 0.15) is 17.5 Å². The number of esters is 1. The van der Waals surface area contributed by atoms with Crippen LogP contribution in [0.4, 0.5) is 0 Å². The van der Waals surface area contributed by atoms with Crippen molar-refractivity contribution in [3.05, 3.63) is 46.1 Å². The van der Waals surface area contributed by atoms with Crippen LogP contribution in [-0.4, -0.2) is 28.6 Å². The first kappa shape index (κ1) is 21.9. The van der Waals surface area contributed by atoms with Gasteiger partial charge >= 0.3 is 5.97 Å². The summed E-state index contributed by atoms with van der Waals surface area (Å²) < 4.78 is 5.75. The molecule has 1 fully saturated rings. The second-order valence-electron chi connectivity index (χ2n) is 11.4. The minimum Gasteiger partial charge on any atom is -0.456 e. The Morgan fingerprint density at radius 1 is 1.16 bits per heavy atom. The zero-order valence-electron chi connectivity index (χ0n) is 20.1. The van der Waals surface area contributed by atoms with Crippen LogP contribution in [0.3, 0.4) is 0 Å². The van der Waals surface area contributed by atoms with E-state index in [-0.39, 0.29) is 23.2 Å². The molecule has 1 saturated carbocycles. The number of ketones is 1. The predicted octanol–water partition coefficient (Wildman–Crippen LogP) is 5.38. The summed E-state index contributed by atoms with van der Waals surface area (Å²) in [6.07, 6.45) is 11.7. The molecule has 6 unspecified atom stereocenters. The SMILES string of the molecule is CC1=C(C)C(=O)OC(C(C)(O)C2CCC3=C4CC=C5C=CCC(=O)C5(C)C4CCC32C)C1. The van der Waals surface area contributed by atoms with Crippen molar-refractivity contribution in [1.82, 2.24) is 0 Å². The molecule has 0 saturated heterocycles. The summed E-state index contributed by atoms with van der Waals surface area (Å²) >= 11 is 0. The Morgan fingerprint density at radius 3 is 2.62 bits per heavy atom. The lowest BCUT2D eigenvalue weighted by Gasteiger charge is -2.52. The molecule has 0 bridgehead atoms. The van der Waals surface area contributed by atoms with E-state index in [1.54, 1.807) is 6.92 Å². The van der Waals surface area contributed by atoms with Crippen LogP contribution in [0.15, 0.2) is 46.1 Å². The lowest BCUT2D eigenvalue weighted by molar-refractivity contribution is -0.175. The number of cyclic esters (lactones) is 1. The topological polar surface area (TPSA) is 63.6 Å². The number of hydrogen-bond acceptors (Lipinski definition) is 4. The van der Waals surface area contributed by atoms with Gasteiger partial charge in [0, 0.05) is 24.3 Å². The molecule has 32 heavy (non-hydrogen) atoms. The fourth-order valence-corrected chi connectivity index (χ4v) is 7.77. The van der Waals surface area contributed by atoms with Crippen LogP contribution in [0, 0.1) is 22.7 Å². The van der Waals surface area contributed by atoms with Gasteiger partial charge in [-0.15, -0.1) is 0 Å². The average Bonchev–Trinajstić information content (AvgIpc) is 3.10. The largest absolute Gasteiger partial charge is 0.456 e. The number of carbonyl (C=O) groups is 2. The molecule has 5 rings (SSSR count). The molecule has 172 valence electrons. The van der Waals surface area contributed by atoms with Crippen LogP contribution in [0.2, 0.25) is 0 Å². The zero-order chi connectivity index (χ0) is 23.1. The highest BCUT2D eigenvalue weighted by molar-refractivity contribution is 5.92. The highest BCUT2D eigenvalue weighted by Gasteiger charge is 2.59. The molecule has 1 aliphatic heterocycles. The molecule has 0 amide bonds. The van der Waals surface area contributed by atoms with E-state index < -0.39 is 17.1 Å². The number of fused-ring (bicyclic) bond motifs is 4. The fourth-order valence-electron chi connectivity index (χ4n) is 7.77. The lowest BCUT2D eigenvalue weighted by atomic mass is 9.52. The minimum atomic E-state index is -1.09. The first-order valence-electron chi connectivity index (χ1n) is 12.2. The highest BCUT2D eigenvalue weighted by Crippen LogP contribution is 2.64. The van der Waals surface area contributed by atoms with E-state index in [0.717, 1.165) is 37.7 Å². The van der Waals surface area contributed by atoms with Gasteiger partial charge < -0.3 is 9.84 Å². The fraction of sp³-hybridized carbons (Fsp3) is 0.643. The molecule has 1 N–H and O–H groups in total. The third-order valence-electron chi connectivity index (χ3n) is 9.97. The summed E-state index contributed by atoms with van der Waals surface area (Å²) in [7, 11) is 0. The Balaban J connectivity index is 1.52. The highest BCUT2D eigenvalue weighted by atomic mass is 16.6. The summed E-state index contributed by atoms with van der Waals surface area (Å²) in [5.41, 5.74) is 4.16. The molecular weight excluding hydrogens is 400 g/mol. The standard InChI is InChI=1S/C28H36O4/c1-16-15-24(32-25(30)17(16)2)28(5,31)22-12-11-20-19-10-9-18-7-6-8-23(29)27(18,4)21(19)13-14-26(20,22)3/h6-7,9,21-22,24,31H,8,10-15H2,1-5H3. The number of carbonyl (C=O) groups excluding carboxylic acids is 2. The second-order valence-corrected chi connectivity index (χ2v) is 11.4. The van der Waals surface area contributed by atoms with Gasteiger partial charge in [-0.05, 0) is 76.7 Å². The second kappa shape index (κ2) is 7.03. The number of Topliss-reactive ketones (excluding diaryl/α,β-unsaturated/α-hetero) is 1. The van der Waals surface area contributed by atoms with Crippen molar-refractivity contribution in [2.45, 2.75) is 91.3 Å². The summed E-state index contributed by atoms with van der Waals surface area (Å²) in [4.78, 5) is 25.5. The predicted molar refractivity (Wildman–Crippen MR) is 124 cm³/mol. The van der Waals surface area contributed by atoms with Crippen LogP contribution in [0.5, 0.6) is 0 Å². The van der Waals surface area contributed by atoms with Crippen LogP contribution >= 0.6 is 0 Å². The van der Waals surface area contributed by atoms with Crippen molar-refractivity contribution < 1.29 is 19.4 Å². The molecule has 0 aromatic carbocycles. The van der Waals surface area contributed by atoms with Crippen LogP contribution in [0.1, 0.15) is 79.6 Å². The third-order valence-corrected chi connectivity index (χ3v) is 9.97. The maximum atomic E-state index is 13.1. The van der Waals surface area contributed by atoms with Crippen LogP contribution in [-0.2, 0) is 14.3 Å². The first-order valence-corrected chi connectivity index (χ1v) is 12.2. The maximum absolute atomic E-state index is 13.1. The quantitative estimate of drug-likeness (QED) is 0.466. The maximum Gasteiger partial charge on any atom is 0.334 e. The monoisotopic (exact) mass is 436 g/mol. The van der Waals surface area contributed by atoms with Gasteiger partial charge in [0.15, 0.2) is 0 Å². The van der Waals surface area contributed by atoms with E-state index >= 15 is 0 Å². The van der Waals surface area contributed by atoms with Gasteiger partial charge in [-0.3, -0.25) is 4.79 Å². The molecule has 0 aromatic heterocycles. The van der Waals surface area contributed by atoms with Crippen molar-refractivity contribution in [2.24, 2.45) is 22.7 Å². The smallest absolute Gasteiger partial charge is 0.334 e. The number of allylic oxidation sites excluding steroid dienone is 6. The summed E-state index contributed by atoms with van der Waals surface area (Å²) in [5.74, 6) is 0.340. The van der Waals surface area contributed by atoms with Gasteiger partial charge in [-0.25, -0.2) is 4.79 Å². The van der Waals surface area contributed by atoms with Crippen LogP contribution < -0.4 is 0 Å². The Morgan fingerprint density at radius 2 is 1.91 bits per heavy atom. The van der Waals surface area contributed by atoms with E-state index in [0.29, 0.717) is 24.2 Å². The first-order chi connectivity index (χ1) is 15.0. The molecule has 0 spiro atoms. The number of aliphatic hydroxyl groups is 1. The van der Waals surface area contributed by atoms with E-state index in [2.05, 4.69) is 26.0 Å². The normalized spacial score (nSPS) is 40.9. The van der Waals surface area contributed by atoms with E-state index in [1.165, 1.54) is 16.7 Å². The number of ether oxygens (including phenoxy) is 1. The third kappa shape index (κ3) is 2.77. The van der Waals surface area contributed by atoms with E-state index in [1.807, 2.05) is 19.9 Å². The van der Waals surface area contributed by atoms with Crippen LogP contribution in [0.25, 0.3) is 0 Å². The van der Waals surface area contributed by atoms with Crippen molar-refractivity contribution in [3.8, 4) is 0 Å². The molecule has 4 nitrogen and oxygen atoms in total. The number of hydrogen-bond donors (Lipinski definition) is 1. The summed E-state index contributed by atoms with van der Waals surface area (Å²) in [6, 6.07) is 0. The molecule has 5 aliphatic rings. The molecule has 4 heteroatoms. The van der Waals surface area contributed by atoms with E-state index in [4.69, 9.17) is 4.74 Å². The zero-order valence-corrected chi connectivity index (χ0v) is 20.1. The lowest BCUT2D eigenvalue weighted by Crippen LogP contribution is -2.54. The van der Waals surface area contributed by atoms with Gasteiger partial charge in [0.05, 0.1) is 5.41 Å². The molecular formula is C28H36O4. The van der Waals surface area contributed by atoms with Crippen molar-refractivity contribution in [3.63, 3.8) is 0 Å².